The third kappa shape index (κ3) is 3.97. The highest BCUT2D eigenvalue weighted by Gasteiger charge is 2.33. The van der Waals surface area contributed by atoms with Gasteiger partial charge in [0, 0.05) is 53.4 Å². The molecule has 0 N–H and O–H groups in total. The van der Waals surface area contributed by atoms with E-state index in [-0.39, 0.29) is 12.0 Å². The van der Waals surface area contributed by atoms with Crippen LogP contribution in [0.25, 0.3) is 10.4 Å². The lowest BCUT2D eigenvalue weighted by Gasteiger charge is -2.36. The lowest BCUT2D eigenvalue weighted by molar-refractivity contribution is -0.142. The molecule has 1 aromatic heterocycles. The van der Waals surface area contributed by atoms with Gasteiger partial charge >= 0.3 is 5.97 Å². The molecule has 2 aliphatic heterocycles. The van der Waals surface area contributed by atoms with Gasteiger partial charge in [-0.15, -0.1) is 11.3 Å². The number of ether oxygens (including phenoxy) is 1. The number of nitrogens with zero attached hydrogens (tertiary/aromatic N) is 2. The standard InChI is InChI=1S/C19H21BrN2O2S/c20-15-3-1-14(2-4-15)18-6-5-16(25-18)13-21-8-10-22(11-9-21)17-7-12-24-19(17)23/h1-6,17H,7-13H2/t17-/m0/s1. The molecule has 3 heterocycles. The molecule has 132 valence electrons. The van der Waals surface area contributed by atoms with Gasteiger partial charge in [0.1, 0.15) is 6.04 Å². The summed E-state index contributed by atoms with van der Waals surface area (Å²) < 4.78 is 6.21. The van der Waals surface area contributed by atoms with Gasteiger partial charge in [0.15, 0.2) is 0 Å². The maximum absolute atomic E-state index is 11.7. The predicted octanol–water partition coefficient (Wildman–Crippen LogP) is 3.61. The molecule has 0 spiro atoms. The number of benzene rings is 1. The number of carbonyl (C=O) groups excluding carboxylic acids is 1. The van der Waals surface area contributed by atoms with Gasteiger partial charge in [-0.05, 0) is 29.8 Å². The molecule has 2 aliphatic rings. The highest BCUT2D eigenvalue weighted by Crippen LogP contribution is 2.30. The molecule has 0 radical (unpaired) electrons. The van der Waals surface area contributed by atoms with E-state index >= 15 is 0 Å². The minimum atomic E-state index is -0.0363. The predicted molar refractivity (Wildman–Crippen MR) is 104 cm³/mol. The Morgan fingerprint density at radius 2 is 1.84 bits per heavy atom. The zero-order chi connectivity index (χ0) is 17.2. The fraction of sp³-hybridized carbons (Fsp3) is 0.421. The molecular weight excluding hydrogens is 400 g/mol. The van der Waals surface area contributed by atoms with Crippen molar-refractivity contribution in [1.29, 1.82) is 0 Å². The van der Waals surface area contributed by atoms with Gasteiger partial charge in [0.05, 0.1) is 6.61 Å². The number of cyclic esters (lactones) is 1. The van der Waals surface area contributed by atoms with Crippen molar-refractivity contribution in [2.24, 2.45) is 0 Å². The first-order valence-electron chi connectivity index (χ1n) is 8.67. The Hall–Kier alpha value is -1.21. The van der Waals surface area contributed by atoms with E-state index in [9.17, 15) is 4.79 Å². The van der Waals surface area contributed by atoms with Crippen LogP contribution in [-0.4, -0.2) is 54.6 Å². The van der Waals surface area contributed by atoms with Gasteiger partial charge in [-0.1, -0.05) is 28.1 Å². The quantitative estimate of drug-likeness (QED) is 0.707. The molecule has 6 heteroatoms. The molecule has 0 amide bonds. The molecule has 2 fully saturated rings. The summed E-state index contributed by atoms with van der Waals surface area (Å²) in [4.78, 5) is 19.2. The van der Waals surface area contributed by atoms with Gasteiger partial charge in [-0.2, -0.15) is 0 Å². The van der Waals surface area contributed by atoms with E-state index in [0.29, 0.717) is 6.61 Å². The topological polar surface area (TPSA) is 32.8 Å². The van der Waals surface area contributed by atoms with Gasteiger partial charge in [0.2, 0.25) is 0 Å². The Balaban J connectivity index is 1.33. The molecule has 1 aromatic carbocycles. The van der Waals surface area contributed by atoms with Crippen LogP contribution < -0.4 is 0 Å². The summed E-state index contributed by atoms with van der Waals surface area (Å²) in [6.45, 7) is 5.49. The Morgan fingerprint density at radius 1 is 1.08 bits per heavy atom. The van der Waals surface area contributed by atoms with Crippen LogP contribution in [-0.2, 0) is 16.1 Å². The van der Waals surface area contributed by atoms with Crippen LogP contribution in [0.1, 0.15) is 11.3 Å². The van der Waals surface area contributed by atoms with Crippen LogP contribution in [0.5, 0.6) is 0 Å². The first kappa shape index (κ1) is 17.2. The first-order valence-corrected chi connectivity index (χ1v) is 10.3. The summed E-state index contributed by atoms with van der Waals surface area (Å²) >= 11 is 5.35. The molecule has 0 bridgehead atoms. The molecule has 0 saturated carbocycles. The normalized spacial score (nSPS) is 22.3. The Labute approximate surface area is 160 Å². The van der Waals surface area contributed by atoms with Crippen molar-refractivity contribution in [2.45, 2.75) is 19.0 Å². The van der Waals surface area contributed by atoms with E-state index in [4.69, 9.17) is 4.74 Å². The monoisotopic (exact) mass is 420 g/mol. The first-order chi connectivity index (χ1) is 12.2. The second kappa shape index (κ2) is 7.58. The summed E-state index contributed by atoms with van der Waals surface area (Å²) in [5.74, 6) is -0.0363. The van der Waals surface area contributed by atoms with E-state index in [2.05, 4.69) is 62.1 Å². The van der Waals surface area contributed by atoms with Crippen LogP contribution >= 0.6 is 27.3 Å². The van der Waals surface area contributed by atoms with Crippen molar-refractivity contribution in [3.8, 4) is 10.4 Å². The van der Waals surface area contributed by atoms with Gasteiger partial charge in [-0.25, -0.2) is 0 Å². The second-order valence-electron chi connectivity index (χ2n) is 6.56. The van der Waals surface area contributed by atoms with E-state index in [0.717, 1.165) is 43.6 Å². The molecule has 0 unspecified atom stereocenters. The molecule has 2 saturated heterocycles. The number of halogens is 1. The van der Waals surface area contributed by atoms with Gasteiger partial charge in [0.25, 0.3) is 0 Å². The molecule has 0 aliphatic carbocycles. The van der Waals surface area contributed by atoms with Crippen molar-refractivity contribution in [2.75, 3.05) is 32.8 Å². The summed E-state index contributed by atoms with van der Waals surface area (Å²) in [6, 6.07) is 12.9. The summed E-state index contributed by atoms with van der Waals surface area (Å²) in [5, 5.41) is 0. The molecular formula is C19H21BrN2O2S. The van der Waals surface area contributed by atoms with E-state index in [1.54, 1.807) is 0 Å². The maximum atomic E-state index is 11.7. The molecule has 4 nitrogen and oxygen atoms in total. The Morgan fingerprint density at radius 3 is 2.52 bits per heavy atom. The molecule has 1 atom stereocenters. The number of hydrogen-bond acceptors (Lipinski definition) is 5. The van der Waals surface area contributed by atoms with Crippen molar-refractivity contribution in [3.05, 3.63) is 45.7 Å². The Bertz CT molecular complexity index is 738. The largest absolute Gasteiger partial charge is 0.464 e. The zero-order valence-corrected chi connectivity index (χ0v) is 16.4. The van der Waals surface area contributed by atoms with Crippen LogP contribution in [0.3, 0.4) is 0 Å². The fourth-order valence-electron chi connectivity index (χ4n) is 3.50. The number of rotatable bonds is 4. The average Bonchev–Trinajstić information content (AvgIpc) is 3.26. The summed E-state index contributed by atoms with van der Waals surface area (Å²) in [5.41, 5.74) is 1.27. The molecule has 2 aromatic rings. The lowest BCUT2D eigenvalue weighted by Crippen LogP contribution is -2.51. The van der Waals surface area contributed by atoms with E-state index < -0.39 is 0 Å². The summed E-state index contributed by atoms with van der Waals surface area (Å²) in [7, 11) is 0. The number of thiophene rings is 1. The molecule has 25 heavy (non-hydrogen) atoms. The third-order valence-electron chi connectivity index (χ3n) is 4.93. The molecule has 4 rings (SSSR count). The van der Waals surface area contributed by atoms with Crippen molar-refractivity contribution in [3.63, 3.8) is 0 Å². The van der Waals surface area contributed by atoms with Crippen molar-refractivity contribution < 1.29 is 9.53 Å². The summed E-state index contributed by atoms with van der Waals surface area (Å²) in [6.07, 6.45) is 0.848. The van der Waals surface area contributed by atoms with Crippen LogP contribution in [0.2, 0.25) is 0 Å². The second-order valence-corrected chi connectivity index (χ2v) is 8.64. The fourth-order valence-corrected chi connectivity index (χ4v) is 4.82. The number of piperazine rings is 1. The lowest BCUT2D eigenvalue weighted by atomic mass is 10.2. The van der Waals surface area contributed by atoms with Crippen LogP contribution in [0.4, 0.5) is 0 Å². The third-order valence-corrected chi connectivity index (χ3v) is 6.57. The van der Waals surface area contributed by atoms with Crippen molar-refractivity contribution >= 4 is 33.2 Å². The maximum Gasteiger partial charge on any atom is 0.323 e. The van der Waals surface area contributed by atoms with Crippen molar-refractivity contribution in [1.82, 2.24) is 9.80 Å². The van der Waals surface area contributed by atoms with Crippen LogP contribution in [0.15, 0.2) is 40.9 Å². The minimum absolute atomic E-state index is 0.00658. The van der Waals surface area contributed by atoms with E-state index in [1.165, 1.54) is 15.3 Å². The Kier molecular flexibility index (Phi) is 5.22. The SMILES string of the molecule is O=C1OCC[C@@H]1N1CCN(Cc2ccc(-c3ccc(Br)cc3)s2)CC1. The van der Waals surface area contributed by atoms with E-state index in [1.807, 2.05) is 11.3 Å². The number of esters is 1. The zero-order valence-electron chi connectivity index (χ0n) is 14.0. The smallest absolute Gasteiger partial charge is 0.323 e. The van der Waals surface area contributed by atoms with Gasteiger partial charge in [-0.3, -0.25) is 14.6 Å². The minimum Gasteiger partial charge on any atom is -0.464 e. The van der Waals surface area contributed by atoms with Gasteiger partial charge < -0.3 is 4.74 Å². The highest BCUT2D eigenvalue weighted by molar-refractivity contribution is 9.10. The van der Waals surface area contributed by atoms with Crippen LogP contribution in [0, 0.1) is 0 Å². The highest BCUT2D eigenvalue weighted by atomic mass is 79.9. The average molecular weight is 421 g/mol. The number of carbonyl (C=O) groups is 1. The number of hydrogen-bond donors (Lipinski definition) is 0.